The first-order chi connectivity index (χ1) is 11.1. The van der Waals surface area contributed by atoms with Gasteiger partial charge in [0.1, 0.15) is 0 Å². The summed E-state index contributed by atoms with van der Waals surface area (Å²) < 4.78 is 0. The predicted molar refractivity (Wildman–Crippen MR) is 93.3 cm³/mol. The first-order valence-corrected chi connectivity index (χ1v) is 7.76. The Morgan fingerprint density at radius 3 is 1.96 bits per heavy atom. The smallest absolute Gasteiger partial charge is 0.223 e. The third-order valence-electron chi connectivity index (χ3n) is 3.02. The molecule has 9 heteroatoms. The maximum absolute atomic E-state index is 11.3. The van der Waals surface area contributed by atoms with Gasteiger partial charge in [-0.05, 0) is 12.8 Å². The van der Waals surface area contributed by atoms with Gasteiger partial charge in [0, 0.05) is 37.3 Å². The molecule has 3 rings (SSSR count). The number of halogens is 2. The van der Waals surface area contributed by atoms with E-state index in [2.05, 4.69) is 25.3 Å². The van der Waals surface area contributed by atoms with Crippen LogP contribution in [0.25, 0.3) is 0 Å². The van der Waals surface area contributed by atoms with Gasteiger partial charge in [-0.3, -0.25) is 14.8 Å². The molecule has 2 aromatic heterocycles. The van der Waals surface area contributed by atoms with Gasteiger partial charge in [0.2, 0.25) is 5.91 Å². The lowest BCUT2D eigenvalue weighted by molar-refractivity contribution is -0.122. The molecule has 3 N–H and O–H groups in total. The zero-order valence-corrected chi connectivity index (χ0v) is 13.8. The average Bonchev–Trinajstić information content (AvgIpc) is 3.40. The van der Waals surface area contributed by atoms with Crippen molar-refractivity contribution in [3.8, 4) is 0 Å². The summed E-state index contributed by atoms with van der Waals surface area (Å²) in [7, 11) is 0. The van der Waals surface area contributed by atoms with E-state index in [9.17, 15) is 4.79 Å². The van der Waals surface area contributed by atoms with Crippen LogP contribution in [-0.4, -0.2) is 25.8 Å². The molecule has 0 atom stereocenters. The largest absolute Gasteiger partial charge is 0.350 e. The van der Waals surface area contributed by atoms with Crippen molar-refractivity contribution in [3.63, 3.8) is 0 Å². The van der Waals surface area contributed by atoms with E-state index in [1.54, 1.807) is 12.4 Å². The van der Waals surface area contributed by atoms with Crippen molar-refractivity contribution >= 4 is 29.1 Å². The summed E-state index contributed by atoms with van der Waals surface area (Å²) in [6.45, 7) is 0.703. The summed E-state index contributed by atoms with van der Waals surface area (Å²) in [4.78, 5) is 26.8. The molecule has 7 nitrogen and oxygen atoms in total. The topological polar surface area (TPSA) is 107 Å². The molecule has 0 spiro atoms. The summed E-state index contributed by atoms with van der Waals surface area (Å²) in [5.74, 6) is 0.303. The second-order valence-electron chi connectivity index (χ2n) is 4.78. The Morgan fingerprint density at radius 2 is 1.54 bits per heavy atom. The molecule has 0 saturated heterocycles. The van der Waals surface area contributed by atoms with Crippen LogP contribution in [-0.2, 0) is 17.9 Å². The first kappa shape index (κ1) is 20.2. The maximum atomic E-state index is 11.3. The number of carbonyl (C=O) groups is 1. The minimum Gasteiger partial charge on any atom is -0.350 e. The van der Waals surface area contributed by atoms with E-state index < -0.39 is 0 Å². The first-order valence-electron chi connectivity index (χ1n) is 7.00. The van der Waals surface area contributed by atoms with Crippen LogP contribution in [0.4, 0.5) is 0 Å². The second-order valence-corrected chi connectivity index (χ2v) is 5.50. The van der Waals surface area contributed by atoms with E-state index in [1.807, 2.05) is 0 Å². The molecule has 2 heterocycles. The van der Waals surface area contributed by atoms with Crippen LogP contribution in [0.5, 0.6) is 0 Å². The molecule has 0 radical (unpaired) electrons. The number of amides is 1. The van der Waals surface area contributed by atoms with Crippen LogP contribution in [0, 0.1) is 5.92 Å². The number of aromatic nitrogens is 4. The Hall–Kier alpha value is -1.83. The molecular formula is C15H20Cl2N6O. The lowest BCUT2D eigenvalue weighted by Crippen LogP contribution is -2.24. The van der Waals surface area contributed by atoms with Gasteiger partial charge in [-0.2, -0.15) is 0 Å². The van der Waals surface area contributed by atoms with Crippen LogP contribution in [0.3, 0.4) is 0 Å². The minimum absolute atomic E-state index is 0. The highest BCUT2D eigenvalue weighted by Gasteiger charge is 2.29. The van der Waals surface area contributed by atoms with Crippen molar-refractivity contribution in [2.45, 2.75) is 33.4 Å². The molecule has 0 bridgehead atoms. The number of hydrogen-bond acceptors (Lipinski definition) is 6. The molecule has 1 fully saturated rings. The van der Waals surface area contributed by atoms with Gasteiger partial charge in [0.15, 0.2) is 10.3 Å². The highest BCUT2D eigenvalue weighted by Crippen LogP contribution is 2.28. The zero-order valence-electron chi connectivity index (χ0n) is 12.2. The number of nitrogens with two attached hydrogens (primary N) is 1. The Bertz CT molecular complexity index is 666. The van der Waals surface area contributed by atoms with Gasteiger partial charge in [-0.25, -0.2) is 9.97 Å². The lowest BCUT2D eigenvalue weighted by atomic mass is 10.3. The number of rotatable bonds is 4. The number of nitrogens with zero attached hydrogens (tertiary/aromatic N) is 4. The average molecular weight is 371 g/mol. The molecule has 1 saturated carbocycles. The summed E-state index contributed by atoms with van der Waals surface area (Å²) in [5, 5.41) is 3.52. The van der Waals surface area contributed by atoms with Crippen LogP contribution in [0.1, 0.15) is 31.7 Å². The van der Waals surface area contributed by atoms with Crippen molar-refractivity contribution < 1.29 is 4.79 Å². The van der Waals surface area contributed by atoms with Crippen molar-refractivity contribution in [3.05, 3.63) is 46.5 Å². The molecule has 130 valence electrons. The lowest BCUT2D eigenvalue weighted by Gasteiger charge is -2.03. The van der Waals surface area contributed by atoms with Gasteiger partial charge in [0.25, 0.3) is 0 Å². The fourth-order valence-corrected chi connectivity index (χ4v) is 1.97. The second kappa shape index (κ2) is 10.1. The van der Waals surface area contributed by atoms with E-state index in [1.165, 1.54) is 12.4 Å². The van der Waals surface area contributed by atoms with Gasteiger partial charge in [0.05, 0.1) is 17.9 Å². The molecule has 2 aromatic rings. The Kier molecular flexibility index (Phi) is 8.53. The number of carbonyl (C=O) groups excluding carboxylic acids is 1. The van der Waals surface area contributed by atoms with Crippen LogP contribution < -0.4 is 11.1 Å². The summed E-state index contributed by atoms with van der Waals surface area (Å²) >= 11 is 11.3. The molecule has 0 unspecified atom stereocenters. The normalized spacial score (nSPS) is 12.5. The zero-order chi connectivity index (χ0) is 16.7. The molecule has 0 aliphatic heterocycles. The van der Waals surface area contributed by atoms with E-state index in [-0.39, 0.29) is 19.3 Å². The Balaban J connectivity index is 0.000000252. The standard InChI is InChI=1S/C9H10ClN3O.C5H6ClN3.CH4/c10-8-7(11-3-4-12-8)5-13-9(14)6-1-2-6;6-5-4(3-7)8-1-2-9-5;/h3-4,6H,1-2,5H2,(H,13,14);1-2H,3,7H2;1H4. The summed E-state index contributed by atoms with van der Waals surface area (Å²) in [6.07, 6.45) is 8.18. The Labute approximate surface area is 151 Å². The van der Waals surface area contributed by atoms with Crippen LogP contribution >= 0.6 is 23.2 Å². The van der Waals surface area contributed by atoms with Gasteiger partial charge in [-0.15, -0.1) is 0 Å². The quantitative estimate of drug-likeness (QED) is 0.855. The summed E-state index contributed by atoms with van der Waals surface area (Å²) in [5.41, 5.74) is 6.52. The molecule has 1 amide bonds. The predicted octanol–water partition coefficient (Wildman–Crippen LogP) is 2.38. The highest BCUT2D eigenvalue weighted by atomic mass is 35.5. The fraction of sp³-hybridized carbons (Fsp3) is 0.400. The third-order valence-corrected chi connectivity index (χ3v) is 3.65. The van der Waals surface area contributed by atoms with Crippen molar-refractivity contribution in [2.75, 3.05) is 0 Å². The monoisotopic (exact) mass is 370 g/mol. The van der Waals surface area contributed by atoms with Crippen molar-refractivity contribution in [1.82, 2.24) is 25.3 Å². The number of hydrogen-bond donors (Lipinski definition) is 2. The van der Waals surface area contributed by atoms with E-state index >= 15 is 0 Å². The molecule has 0 aromatic carbocycles. The van der Waals surface area contributed by atoms with E-state index in [0.717, 1.165) is 12.8 Å². The third kappa shape index (κ3) is 6.35. The molecular weight excluding hydrogens is 351 g/mol. The Morgan fingerprint density at radius 1 is 1.04 bits per heavy atom. The number of nitrogens with one attached hydrogen (secondary N) is 1. The van der Waals surface area contributed by atoms with Crippen molar-refractivity contribution in [1.29, 1.82) is 0 Å². The van der Waals surface area contributed by atoms with E-state index in [4.69, 9.17) is 28.9 Å². The minimum atomic E-state index is 0. The van der Waals surface area contributed by atoms with Crippen LogP contribution in [0.2, 0.25) is 10.3 Å². The van der Waals surface area contributed by atoms with Crippen molar-refractivity contribution in [2.24, 2.45) is 11.7 Å². The van der Waals surface area contributed by atoms with E-state index in [0.29, 0.717) is 34.8 Å². The van der Waals surface area contributed by atoms with Gasteiger partial charge < -0.3 is 11.1 Å². The molecule has 1 aliphatic rings. The van der Waals surface area contributed by atoms with Gasteiger partial charge in [-0.1, -0.05) is 30.6 Å². The molecule has 24 heavy (non-hydrogen) atoms. The fourth-order valence-electron chi connectivity index (χ4n) is 1.62. The van der Waals surface area contributed by atoms with Gasteiger partial charge >= 0.3 is 0 Å². The maximum Gasteiger partial charge on any atom is 0.223 e. The summed E-state index contributed by atoms with van der Waals surface area (Å²) in [6, 6.07) is 0. The molecule has 1 aliphatic carbocycles. The van der Waals surface area contributed by atoms with Crippen LogP contribution in [0.15, 0.2) is 24.8 Å². The SMILES string of the molecule is C.NCc1nccnc1Cl.O=C(NCc1nccnc1Cl)C1CC1. The highest BCUT2D eigenvalue weighted by molar-refractivity contribution is 6.30.